The first-order valence-corrected chi connectivity index (χ1v) is 13.9. The molecule has 0 aliphatic heterocycles. The number of amides is 1. The fourth-order valence-electron chi connectivity index (χ4n) is 5.27. The molecule has 0 radical (unpaired) electrons. The average molecular weight is 547 g/mol. The zero-order valence-corrected chi connectivity index (χ0v) is 23.7. The molecule has 2 aromatic carbocycles. The van der Waals surface area contributed by atoms with Crippen LogP contribution in [0.3, 0.4) is 0 Å². The SMILES string of the molecule is COCCOCC(=O)NC(Cc1cc(F)cc(F)c1)C(O)CNC1(c2cccc(C(C)(C)C)c2)CCCCC1. The Bertz CT molecular complexity index is 1050. The molecule has 0 aromatic heterocycles. The van der Waals surface area contributed by atoms with Gasteiger partial charge in [0, 0.05) is 25.3 Å². The number of carbonyl (C=O) groups is 1. The third kappa shape index (κ3) is 9.34. The van der Waals surface area contributed by atoms with Crippen molar-refractivity contribution in [2.75, 3.05) is 33.5 Å². The predicted octanol–water partition coefficient (Wildman–Crippen LogP) is 4.76. The monoisotopic (exact) mass is 546 g/mol. The minimum atomic E-state index is -1.01. The van der Waals surface area contributed by atoms with Crippen LogP contribution in [0.2, 0.25) is 0 Å². The highest BCUT2D eigenvalue weighted by Gasteiger charge is 2.35. The minimum absolute atomic E-state index is 0.00626. The van der Waals surface area contributed by atoms with Crippen LogP contribution in [-0.2, 0) is 31.6 Å². The maximum absolute atomic E-state index is 13.9. The third-order valence-electron chi connectivity index (χ3n) is 7.49. The molecule has 2 unspecified atom stereocenters. The quantitative estimate of drug-likeness (QED) is 0.316. The lowest BCUT2D eigenvalue weighted by Gasteiger charge is -2.41. The van der Waals surface area contributed by atoms with E-state index in [1.54, 1.807) is 7.11 Å². The molecule has 3 N–H and O–H groups in total. The van der Waals surface area contributed by atoms with E-state index < -0.39 is 29.7 Å². The fraction of sp³-hybridized carbons (Fsp3) is 0.581. The summed E-state index contributed by atoms with van der Waals surface area (Å²) in [7, 11) is 1.54. The van der Waals surface area contributed by atoms with Crippen molar-refractivity contribution in [3.63, 3.8) is 0 Å². The number of hydrogen-bond acceptors (Lipinski definition) is 5. The molecule has 0 spiro atoms. The van der Waals surface area contributed by atoms with E-state index in [0.717, 1.165) is 38.2 Å². The van der Waals surface area contributed by atoms with Gasteiger partial charge in [0.15, 0.2) is 0 Å². The molecule has 0 bridgehead atoms. The molecular weight excluding hydrogens is 502 g/mol. The maximum atomic E-state index is 13.9. The lowest BCUT2D eigenvalue weighted by Crippen LogP contribution is -2.53. The normalized spacial score (nSPS) is 17.0. The first kappa shape index (κ1) is 31.1. The highest BCUT2D eigenvalue weighted by atomic mass is 19.1. The molecule has 2 atom stereocenters. The molecule has 3 rings (SSSR count). The second-order valence-corrected chi connectivity index (χ2v) is 11.6. The van der Waals surface area contributed by atoms with Crippen LogP contribution in [-0.4, -0.2) is 56.6 Å². The molecule has 1 amide bonds. The first-order chi connectivity index (χ1) is 18.5. The summed E-state index contributed by atoms with van der Waals surface area (Å²) in [4.78, 5) is 12.6. The number of halogens is 2. The van der Waals surface area contributed by atoms with Crippen LogP contribution in [0.15, 0.2) is 42.5 Å². The zero-order chi connectivity index (χ0) is 28.5. The maximum Gasteiger partial charge on any atom is 0.246 e. The number of aliphatic hydroxyl groups excluding tert-OH is 1. The van der Waals surface area contributed by atoms with Gasteiger partial charge in [-0.05, 0) is 53.5 Å². The van der Waals surface area contributed by atoms with Crippen molar-refractivity contribution in [1.29, 1.82) is 0 Å². The Morgan fingerprint density at radius 1 is 1.05 bits per heavy atom. The number of rotatable bonds is 13. The van der Waals surface area contributed by atoms with Crippen LogP contribution in [0.1, 0.15) is 69.6 Å². The Morgan fingerprint density at radius 3 is 2.38 bits per heavy atom. The van der Waals surface area contributed by atoms with Crippen LogP contribution in [0, 0.1) is 11.6 Å². The second-order valence-electron chi connectivity index (χ2n) is 11.6. The van der Waals surface area contributed by atoms with E-state index >= 15 is 0 Å². The van der Waals surface area contributed by atoms with Crippen LogP contribution in [0.25, 0.3) is 0 Å². The van der Waals surface area contributed by atoms with Gasteiger partial charge in [0.2, 0.25) is 5.91 Å². The number of hydrogen-bond donors (Lipinski definition) is 3. The summed E-state index contributed by atoms with van der Waals surface area (Å²) >= 11 is 0. The predicted molar refractivity (Wildman–Crippen MR) is 149 cm³/mol. The zero-order valence-electron chi connectivity index (χ0n) is 23.7. The molecule has 216 valence electrons. The van der Waals surface area contributed by atoms with Gasteiger partial charge in [0.1, 0.15) is 18.2 Å². The molecule has 1 aliphatic carbocycles. The second kappa shape index (κ2) is 14.3. The van der Waals surface area contributed by atoms with Gasteiger partial charge in [-0.1, -0.05) is 64.3 Å². The van der Waals surface area contributed by atoms with E-state index in [4.69, 9.17) is 9.47 Å². The van der Waals surface area contributed by atoms with Gasteiger partial charge >= 0.3 is 0 Å². The molecule has 1 fully saturated rings. The number of ether oxygens (including phenoxy) is 2. The summed E-state index contributed by atoms with van der Waals surface area (Å²) in [5.41, 5.74) is 2.50. The molecular formula is C31H44F2N2O4. The number of carbonyl (C=O) groups excluding carboxylic acids is 1. The summed E-state index contributed by atoms with van der Waals surface area (Å²) in [5.74, 6) is -1.83. The summed E-state index contributed by atoms with van der Waals surface area (Å²) in [5, 5.41) is 17.8. The summed E-state index contributed by atoms with van der Waals surface area (Å²) in [6.07, 6.45) is 4.24. The van der Waals surface area contributed by atoms with Gasteiger partial charge < -0.3 is 25.2 Å². The third-order valence-corrected chi connectivity index (χ3v) is 7.49. The number of nitrogens with one attached hydrogen (secondary N) is 2. The molecule has 1 aliphatic rings. The molecule has 8 heteroatoms. The Balaban J connectivity index is 1.78. The van der Waals surface area contributed by atoms with Crippen molar-refractivity contribution in [2.45, 2.75) is 82.4 Å². The van der Waals surface area contributed by atoms with Crippen LogP contribution >= 0.6 is 0 Å². The largest absolute Gasteiger partial charge is 0.390 e. The molecule has 1 saturated carbocycles. The van der Waals surface area contributed by atoms with Gasteiger partial charge in [-0.3, -0.25) is 4.79 Å². The Morgan fingerprint density at radius 2 is 1.74 bits per heavy atom. The van der Waals surface area contributed by atoms with Crippen molar-refractivity contribution < 1.29 is 28.2 Å². The van der Waals surface area contributed by atoms with E-state index in [2.05, 4.69) is 55.7 Å². The van der Waals surface area contributed by atoms with E-state index in [1.807, 2.05) is 0 Å². The fourth-order valence-corrected chi connectivity index (χ4v) is 5.27. The number of methoxy groups -OCH3 is 1. The molecule has 39 heavy (non-hydrogen) atoms. The minimum Gasteiger partial charge on any atom is -0.390 e. The van der Waals surface area contributed by atoms with Crippen LogP contribution in [0.5, 0.6) is 0 Å². The number of aliphatic hydroxyl groups is 1. The van der Waals surface area contributed by atoms with Crippen molar-refractivity contribution in [2.24, 2.45) is 0 Å². The van der Waals surface area contributed by atoms with E-state index in [1.165, 1.54) is 23.3 Å². The van der Waals surface area contributed by atoms with Crippen molar-refractivity contribution in [1.82, 2.24) is 10.6 Å². The standard InChI is InChI=1S/C31H44F2N2O4/c1-30(2,3)23-9-8-10-24(18-23)31(11-6-5-7-12-31)34-20-28(36)27(35-29(37)21-39-14-13-38-4)17-22-15-25(32)19-26(33)16-22/h8-10,15-16,18-19,27-28,34,36H,5-7,11-14,17,20-21H2,1-4H3,(H,35,37). The van der Waals surface area contributed by atoms with Crippen molar-refractivity contribution in [3.05, 3.63) is 70.8 Å². The number of benzene rings is 2. The average Bonchev–Trinajstić information content (AvgIpc) is 2.89. The van der Waals surface area contributed by atoms with Crippen molar-refractivity contribution in [3.8, 4) is 0 Å². The topological polar surface area (TPSA) is 79.8 Å². The van der Waals surface area contributed by atoms with Gasteiger partial charge in [-0.25, -0.2) is 8.78 Å². The lowest BCUT2D eigenvalue weighted by atomic mass is 9.74. The summed E-state index contributed by atoms with van der Waals surface area (Å²) < 4.78 is 38.0. The highest BCUT2D eigenvalue weighted by molar-refractivity contribution is 5.77. The summed E-state index contributed by atoms with van der Waals surface area (Å²) in [6.45, 7) is 7.18. The van der Waals surface area contributed by atoms with Gasteiger partial charge in [0.25, 0.3) is 0 Å². The Hall–Kier alpha value is -2.39. The first-order valence-electron chi connectivity index (χ1n) is 13.9. The van der Waals surface area contributed by atoms with E-state index in [9.17, 15) is 18.7 Å². The van der Waals surface area contributed by atoms with Gasteiger partial charge in [-0.2, -0.15) is 0 Å². The van der Waals surface area contributed by atoms with Gasteiger partial charge in [-0.15, -0.1) is 0 Å². The van der Waals surface area contributed by atoms with Crippen LogP contribution < -0.4 is 10.6 Å². The Labute approximate surface area is 231 Å². The summed E-state index contributed by atoms with van der Waals surface area (Å²) in [6, 6.07) is 11.1. The Kier molecular flexibility index (Phi) is 11.4. The molecule has 6 nitrogen and oxygen atoms in total. The molecule has 0 saturated heterocycles. The van der Waals surface area contributed by atoms with Crippen LogP contribution in [0.4, 0.5) is 8.78 Å². The van der Waals surface area contributed by atoms with E-state index in [-0.39, 0.29) is 37.1 Å². The van der Waals surface area contributed by atoms with E-state index in [0.29, 0.717) is 12.2 Å². The lowest BCUT2D eigenvalue weighted by molar-refractivity contribution is -0.127. The molecule has 0 heterocycles. The highest BCUT2D eigenvalue weighted by Crippen LogP contribution is 2.38. The van der Waals surface area contributed by atoms with Gasteiger partial charge in [0.05, 0.1) is 25.4 Å². The smallest absolute Gasteiger partial charge is 0.246 e. The molecule has 2 aromatic rings. The van der Waals surface area contributed by atoms with Crippen molar-refractivity contribution >= 4 is 5.91 Å².